The SMILES string of the molecule is O=C(C1NCC(c2ccc3ncccc3c2)C2(CCCCCCC2)N1)N1CCN(C(=O)C2(O)CC2)CC1. The quantitative estimate of drug-likeness (QED) is 0.593. The highest BCUT2D eigenvalue weighted by Crippen LogP contribution is 2.41. The highest BCUT2D eigenvalue weighted by Gasteiger charge is 2.51. The van der Waals surface area contributed by atoms with Crippen molar-refractivity contribution in [1.82, 2.24) is 25.4 Å². The number of hydrogen-bond acceptors (Lipinski definition) is 6. The van der Waals surface area contributed by atoms with Gasteiger partial charge in [0.2, 0.25) is 0 Å². The second-order valence-corrected chi connectivity index (χ2v) is 11.6. The van der Waals surface area contributed by atoms with E-state index < -0.39 is 11.8 Å². The van der Waals surface area contributed by atoms with Gasteiger partial charge in [-0.1, -0.05) is 44.2 Å². The largest absolute Gasteiger partial charge is 0.380 e. The summed E-state index contributed by atoms with van der Waals surface area (Å²) in [5.74, 6) is 0.170. The van der Waals surface area contributed by atoms with E-state index in [4.69, 9.17) is 0 Å². The standard InChI is InChI=1S/C29H39N5O3/c35-26(33-15-17-34(18-16-33)27(36)29(37)12-13-29)25-31-20-23(28(32-25)10-4-2-1-3-5-11-28)21-8-9-24-22(19-21)7-6-14-30-24/h6-9,14,19,23,25,31-32,37H,1-5,10-13,15-18,20H2. The molecule has 3 heterocycles. The average Bonchev–Trinajstić information content (AvgIpc) is 3.68. The molecule has 8 heteroatoms. The van der Waals surface area contributed by atoms with E-state index in [-0.39, 0.29) is 23.3 Å². The predicted molar refractivity (Wildman–Crippen MR) is 142 cm³/mol. The summed E-state index contributed by atoms with van der Waals surface area (Å²) in [5, 5.41) is 18.8. The molecule has 2 aliphatic carbocycles. The van der Waals surface area contributed by atoms with E-state index in [1.54, 1.807) is 4.90 Å². The van der Waals surface area contributed by atoms with Gasteiger partial charge in [-0.3, -0.25) is 25.2 Å². The molecule has 198 valence electrons. The highest BCUT2D eigenvalue weighted by molar-refractivity contribution is 5.88. The third kappa shape index (κ3) is 4.87. The number of piperazine rings is 1. The highest BCUT2D eigenvalue weighted by atomic mass is 16.3. The van der Waals surface area contributed by atoms with Crippen LogP contribution in [0.2, 0.25) is 0 Å². The summed E-state index contributed by atoms with van der Waals surface area (Å²) >= 11 is 0. The third-order valence-electron chi connectivity index (χ3n) is 9.15. The molecule has 2 atom stereocenters. The van der Waals surface area contributed by atoms with Crippen molar-refractivity contribution in [1.29, 1.82) is 0 Å². The van der Waals surface area contributed by atoms with Gasteiger partial charge in [-0.25, -0.2) is 0 Å². The maximum Gasteiger partial charge on any atom is 0.254 e. The van der Waals surface area contributed by atoms with Gasteiger partial charge in [-0.15, -0.1) is 0 Å². The molecule has 6 rings (SSSR count). The first-order valence-electron chi connectivity index (χ1n) is 14.1. The Hall–Kier alpha value is -2.55. The summed E-state index contributed by atoms with van der Waals surface area (Å²) < 4.78 is 0. The van der Waals surface area contributed by atoms with E-state index in [0.29, 0.717) is 39.0 Å². The van der Waals surface area contributed by atoms with Crippen molar-refractivity contribution >= 4 is 22.7 Å². The van der Waals surface area contributed by atoms with Gasteiger partial charge in [-0.05, 0) is 49.4 Å². The Balaban J connectivity index is 1.19. The summed E-state index contributed by atoms with van der Waals surface area (Å²) in [6.07, 6.45) is 10.8. The Morgan fingerprint density at radius 1 is 0.919 bits per heavy atom. The minimum atomic E-state index is -1.14. The molecule has 1 aromatic heterocycles. The van der Waals surface area contributed by atoms with Gasteiger partial charge < -0.3 is 14.9 Å². The Kier molecular flexibility index (Phi) is 6.67. The third-order valence-corrected chi connectivity index (χ3v) is 9.15. The lowest BCUT2D eigenvalue weighted by Crippen LogP contribution is -2.70. The molecule has 4 aliphatic rings. The van der Waals surface area contributed by atoms with Crippen molar-refractivity contribution in [3.63, 3.8) is 0 Å². The Morgan fingerprint density at radius 2 is 1.62 bits per heavy atom. The van der Waals surface area contributed by atoms with Crippen LogP contribution in [0.3, 0.4) is 0 Å². The predicted octanol–water partition coefficient (Wildman–Crippen LogP) is 2.52. The van der Waals surface area contributed by atoms with E-state index >= 15 is 0 Å². The molecule has 2 saturated carbocycles. The minimum Gasteiger partial charge on any atom is -0.380 e. The van der Waals surface area contributed by atoms with Crippen LogP contribution in [-0.4, -0.2) is 81.7 Å². The van der Waals surface area contributed by atoms with Crippen molar-refractivity contribution in [2.75, 3.05) is 32.7 Å². The number of hydrogen-bond donors (Lipinski definition) is 3. The van der Waals surface area contributed by atoms with Crippen molar-refractivity contribution in [2.45, 2.75) is 81.0 Å². The molecule has 8 nitrogen and oxygen atoms in total. The summed E-state index contributed by atoms with van der Waals surface area (Å²) in [4.78, 5) is 34.3. The van der Waals surface area contributed by atoms with Gasteiger partial charge in [-0.2, -0.15) is 0 Å². The molecule has 2 aromatic rings. The van der Waals surface area contributed by atoms with Gasteiger partial charge >= 0.3 is 0 Å². The van der Waals surface area contributed by atoms with Crippen LogP contribution in [0.4, 0.5) is 0 Å². The van der Waals surface area contributed by atoms with Crippen LogP contribution < -0.4 is 10.6 Å². The molecule has 4 fully saturated rings. The molecule has 37 heavy (non-hydrogen) atoms. The number of aliphatic hydroxyl groups is 1. The molecule has 0 bridgehead atoms. The van der Waals surface area contributed by atoms with Gasteiger partial charge in [0.1, 0.15) is 11.8 Å². The number of carbonyl (C=O) groups is 2. The van der Waals surface area contributed by atoms with E-state index in [2.05, 4.69) is 39.9 Å². The van der Waals surface area contributed by atoms with Crippen molar-refractivity contribution in [3.05, 3.63) is 42.1 Å². The van der Waals surface area contributed by atoms with Gasteiger partial charge in [0.15, 0.2) is 0 Å². The summed E-state index contributed by atoms with van der Waals surface area (Å²) in [6, 6.07) is 10.7. The van der Waals surface area contributed by atoms with E-state index in [0.717, 1.165) is 30.3 Å². The molecule has 1 aromatic carbocycles. The number of aromatic nitrogens is 1. The number of fused-ring (bicyclic) bond motifs is 1. The number of nitrogens with one attached hydrogen (secondary N) is 2. The lowest BCUT2D eigenvalue weighted by Gasteiger charge is -2.50. The van der Waals surface area contributed by atoms with Crippen LogP contribution in [0.1, 0.15) is 69.3 Å². The lowest BCUT2D eigenvalue weighted by molar-refractivity contribution is -0.148. The average molecular weight is 506 g/mol. The number of rotatable bonds is 3. The van der Waals surface area contributed by atoms with E-state index in [1.165, 1.54) is 37.7 Å². The fourth-order valence-electron chi connectivity index (χ4n) is 6.74. The van der Waals surface area contributed by atoms with E-state index in [1.807, 2.05) is 17.2 Å². The van der Waals surface area contributed by atoms with Crippen molar-refractivity contribution < 1.29 is 14.7 Å². The fourth-order valence-corrected chi connectivity index (χ4v) is 6.74. The van der Waals surface area contributed by atoms with Crippen LogP contribution in [0.25, 0.3) is 10.9 Å². The first kappa shape index (κ1) is 24.8. The lowest BCUT2D eigenvalue weighted by atomic mass is 9.70. The van der Waals surface area contributed by atoms with Crippen LogP contribution in [0, 0.1) is 0 Å². The zero-order chi connectivity index (χ0) is 25.5. The van der Waals surface area contributed by atoms with Crippen LogP contribution >= 0.6 is 0 Å². The first-order chi connectivity index (χ1) is 18.0. The number of carbonyl (C=O) groups excluding carboxylic acids is 2. The number of benzene rings is 1. The van der Waals surface area contributed by atoms with Crippen LogP contribution in [0.15, 0.2) is 36.5 Å². The van der Waals surface area contributed by atoms with Gasteiger partial charge in [0.25, 0.3) is 11.8 Å². The Morgan fingerprint density at radius 3 is 2.35 bits per heavy atom. The molecular formula is C29H39N5O3. The smallest absolute Gasteiger partial charge is 0.254 e. The fraction of sp³-hybridized carbons (Fsp3) is 0.621. The van der Waals surface area contributed by atoms with Crippen LogP contribution in [0.5, 0.6) is 0 Å². The number of nitrogens with zero attached hydrogens (tertiary/aromatic N) is 3. The monoisotopic (exact) mass is 505 g/mol. The topological polar surface area (TPSA) is 97.8 Å². The number of amides is 2. The van der Waals surface area contributed by atoms with E-state index in [9.17, 15) is 14.7 Å². The summed E-state index contributed by atoms with van der Waals surface area (Å²) in [7, 11) is 0. The normalized spacial score (nSPS) is 27.5. The molecule has 1 spiro atoms. The Bertz CT molecular complexity index is 1150. The zero-order valence-electron chi connectivity index (χ0n) is 21.6. The van der Waals surface area contributed by atoms with Gasteiger partial charge in [0, 0.05) is 55.8 Å². The maximum atomic E-state index is 13.7. The van der Waals surface area contributed by atoms with Crippen LogP contribution in [-0.2, 0) is 9.59 Å². The molecule has 2 unspecified atom stereocenters. The number of pyridine rings is 1. The van der Waals surface area contributed by atoms with Crippen molar-refractivity contribution in [3.8, 4) is 0 Å². The van der Waals surface area contributed by atoms with Crippen molar-refractivity contribution in [2.24, 2.45) is 0 Å². The zero-order valence-corrected chi connectivity index (χ0v) is 21.6. The minimum absolute atomic E-state index is 0.0693. The first-order valence-corrected chi connectivity index (χ1v) is 14.1. The second kappa shape index (κ2) is 9.97. The van der Waals surface area contributed by atoms with Gasteiger partial charge in [0.05, 0.1) is 5.52 Å². The summed E-state index contributed by atoms with van der Waals surface area (Å²) in [6.45, 7) is 2.74. The Labute approximate surface area is 218 Å². The second-order valence-electron chi connectivity index (χ2n) is 11.6. The maximum absolute atomic E-state index is 13.7. The molecule has 2 saturated heterocycles. The molecule has 0 radical (unpaired) electrons. The molecule has 2 aliphatic heterocycles. The molecule has 2 amide bonds. The molecule has 3 N–H and O–H groups in total. The summed E-state index contributed by atoms with van der Waals surface area (Å²) in [5.41, 5.74) is 1.04. The molecular weight excluding hydrogens is 466 g/mol.